The Morgan fingerprint density at radius 1 is 1.03 bits per heavy atom. The number of aromatic nitrogens is 6. The number of hydrogen-bond acceptors (Lipinski definition) is 6. The minimum atomic E-state index is 0.829. The van der Waals surface area contributed by atoms with E-state index in [0.29, 0.717) is 0 Å². The number of rotatable bonds is 3. The number of likely N-dealkylation sites (N-methyl/N-ethyl adjacent to an activating group) is 1. The summed E-state index contributed by atoms with van der Waals surface area (Å²) in [5.41, 5.74) is 4.40. The van der Waals surface area contributed by atoms with Crippen LogP contribution in [0, 0.1) is 0 Å². The fourth-order valence-corrected chi connectivity index (χ4v) is 4.10. The van der Waals surface area contributed by atoms with Gasteiger partial charge in [0.25, 0.3) is 0 Å². The van der Waals surface area contributed by atoms with E-state index in [1.54, 1.807) is 4.68 Å². The Labute approximate surface area is 176 Å². The highest BCUT2D eigenvalue weighted by Gasteiger charge is 2.20. The van der Waals surface area contributed by atoms with Crippen molar-refractivity contribution < 1.29 is 0 Å². The van der Waals surface area contributed by atoms with Crippen LogP contribution in [-0.4, -0.2) is 68.1 Å². The van der Waals surface area contributed by atoms with Crippen LogP contribution in [0.3, 0.4) is 0 Å². The Morgan fingerprint density at radius 3 is 2.62 bits per heavy atom. The molecule has 1 N–H and O–H groups in total. The third-order valence-corrected chi connectivity index (χ3v) is 5.94. The maximum atomic E-state index is 4.96. The number of fused-ring (bicyclic) bond motifs is 1. The molecule has 0 bridgehead atoms. The average molecular weight is 453 g/mol. The summed E-state index contributed by atoms with van der Waals surface area (Å²) in [6.45, 7) is 3.98. The number of piperazine rings is 1. The van der Waals surface area contributed by atoms with Crippen molar-refractivity contribution in [3.63, 3.8) is 0 Å². The van der Waals surface area contributed by atoms with E-state index in [1.807, 2.05) is 37.8 Å². The monoisotopic (exact) mass is 452 g/mol. The van der Waals surface area contributed by atoms with E-state index in [0.717, 1.165) is 70.0 Å². The Bertz CT molecular complexity index is 1170. The van der Waals surface area contributed by atoms with Gasteiger partial charge >= 0.3 is 0 Å². The van der Waals surface area contributed by atoms with Crippen LogP contribution in [0.5, 0.6) is 0 Å². The molecule has 5 heterocycles. The van der Waals surface area contributed by atoms with Gasteiger partial charge in [-0.25, -0.2) is 4.98 Å². The van der Waals surface area contributed by atoms with Gasteiger partial charge in [0.05, 0.1) is 33.8 Å². The molecule has 5 rings (SSSR count). The predicted molar refractivity (Wildman–Crippen MR) is 117 cm³/mol. The summed E-state index contributed by atoms with van der Waals surface area (Å²) < 4.78 is 2.78. The molecule has 0 unspecified atom stereocenters. The van der Waals surface area contributed by atoms with Gasteiger partial charge in [0.1, 0.15) is 11.5 Å². The summed E-state index contributed by atoms with van der Waals surface area (Å²) in [6.07, 6.45) is 5.59. The average Bonchev–Trinajstić information content (AvgIpc) is 3.35. The number of aryl methyl sites for hydroxylation is 1. The first-order valence-corrected chi connectivity index (χ1v) is 10.3. The minimum absolute atomic E-state index is 0.829. The third kappa shape index (κ3) is 3.40. The van der Waals surface area contributed by atoms with E-state index in [-0.39, 0.29) is 0 Å². The van der Waals surface area contributed by atoms with Gasteiger partial charge in [-0.15, -0.1) is 0 Å². The molecule has 0 saturated carbocycles. The topological polar surface area (TPSA) is 78.8 Å². The number of halogens is 1. The Morgan fingerprint density at radius 2 is 1.86 bits per heavy atom. The number of hydrogen-bond donors (Lipinski definition) is 1. The molecule has 4 aromatic heterocycles. The molecule has 1 aliphatic heterocycles. The van der Waals surface area contributed by atoms with E-state index in [9.17, 15) is 0 Å². The molecule has 0 atom stereocenters. The summed E-state index contributed by atoms with van der Waals surface area (Å²) in [7, 11) is 4.05. The normalized spacial score (nSPS) is 15.3. The summed E-state index contributed by atoms with van der Waals surface area (Å²) in [5.74, 6) is 0.966. The Hall–Kier alpha value is -2.78. The second-order valence-corrected chi connectivity index (χ2v) is 8.24. The lowest BCUT2D eigenvalue weighted by Gasteiger charge is -2.33. The molecule has 148 valence electrons. The molecule has 1 aliphatic rings. The zero-order valence-corrected chi connectivity index (χ0v) is 17.9. The van der Waals surface area contributed by atoms with Gasteiger partial charge in [-0.05, 0) is 41.2 Å². The Balaban J connectivity index is 1.56. The second kappa shape index (κ2) is 7.23. The fourth-order valence-electron chi connectivity index (χ4n) is 3.63. The number of nitrogens with one attached hydrogen (secondary N) is 1. The zero-order valence-electron chi connectivity index (χ0n) is 16.3. The van der Waals surface area contributed by atoms with Gasteiger partial charge in [0.2, 0.25) is 0 Å². The molecule has 0 radical (unpaired) electrons. The lowest BCUT2D eigenvalue weighted by atomic mass is 10.1. The highest BCUT2D eigenvalue weighted by Crippen LogP contribution is 2.32. The summed E-state index contributed by atoms with van der Waals surface area (Å²) in [6, 6.07) is 6.10. The lowest BCUT2D eigenvalue weighted by molar-refractivity contribution is 0.312. The van der Waals surface area contributed by atoms with Crippen molar-refractivity contribution in [2.45, 2.75) is 0 Å². The molecule has 0 spiro atoms. The van der Waals surface area contributed by atoms with Gasteiger partial charge in [-0.2, -0.15) is 10.2 Å². The van der Waals surface area contributed by atoms with E-state index in [2.05, 4.69) is 59.1 Å². The third-order valence-electron chi connectivity index (χ3n) is 5.32. The maximum absolute atomic E-state index is 4.96. The molecular formula is C20H21BrN8. The molecule has 8 nitrogen and oxygen atoms in total. The predicted octanol–water partition coefficient (Wildman–Crippen LogP) is 2.93. The largest absolute Gasteiger partial charge is 0.353 e. The molecule has 1 saturated heterocycles. The molecule has 29 heavy (non-hydrogen) atoms. The number of pyridine rings is 2. The SMILES string of the molecule is CN1CCN(c2nc(-c3n[nH]c4cnc(-c5cnn(C)c5)cc34)ccc2Br)CC1. The smallest absolute Gasteiger partial charge is 0.143 e. The van der Waals surface area contributed by atoms with Crippen molar-refractivity contribution in [1.29, 1.82) is 0 Å². The molecule has 1 fully saturated rings. The van der Waals surface area contributed by atoms with Crippen LogP contribution in [0.2, 0.25) is 0 Å². The van der Waals surface area contributed by atoms with E-state index in [1.165, 1.54) is 0 Å². The van der Waals surface area contributed by atoms with Crippen molar-refractivity contribution >= 4 is 32.7 Å². The van der Waals surface area contributed by atoms with E-state index < -0.39 is 0 Å². The van der Waals surface area contributed by atoms with E-state index >= 15 is 0 Å². The second-order valence-electron chi connectivity index (χ2n) is 7.38. The quantitative estimate of drug-likeness (QED) is 0.514. The minimum Gasteiger partial charge on any atom is -0.353 e. The number of aromatic amines is 1. The van der Waals surface area contributed by atoms with Gasteiger partial charge in [0, 0.05) is 50.4 Å². The van der Waals surface area contributed by atoms with Crippen LogP contribution >= 0.6 is 15.9 Å². The van der Waals surface area contributed by atoms with Crippen LogP contribution in [0.1, 0.15) is 0 Å². The van der Waals surface area contributed by atoms with E-state index in [4.69, 9.17) is 4.98 Å². The van der Waals surface area contributed by atoms with Gasteiger partial charge < -0.3 is 9.80 Å². The Kier molecular flexibility index (Phi) is 4.56. The van der Waals surface area contributed by atoms with Crippen LogP contribution < -0.4 is 4.90 Å². The van der Waals surface area contributed by atoms with Crippen LogP contribution in [0.4, 0.5) is 5.82 Å². The lowest BCUT2D eigenvalue weighted by Crippen LogP contribution is -2.45. The fraction of sp³-hybridized carbons (Fsp3) is 0.300. The highest BCUT2D eigenvalue weighted by atomic mass is 79.9. The highest BCUT2D eigenvalue weighted by molar-refractivity contribution is 9.10. The molecule has 4 aromatic rings. The van der Waals surface area contributed by atoms with Crippen LogP contribution in [-0.2, 0) is 7.05 Å². The number of nitrogens with zero attached hydrogens (tertiary/aromatic N) is 7. The van der Waals surface area contributed by atoms with Crippen molar-refractivity contribution in [2.75, 3.05) is 38.1 Å². The molecule has 0 aliphatic carbocycles. The van der Waals surface area contributed by atoms with Crippen LogP contribution in [0.15, 0.2) is 41.3 Å². The van der Waals surface area contributed by atoms with Crippen molar-refractivity contribution in [3.05, 3.63) is 41.3 Å². The van der Waals surface area contributed by atoms with Crippen molar-refractivity contribution in [3.8, 4) is 22.6 Å². The van der Waals surface area contributed by atoms with Gasteiger partial charge in [0.15, 0.2) is 0 Å². The first kappa shape index (κ1) is 18.3. The number of anilines is 1. The van der Waals surface area contributed by atoms with Crippen LogP contribution in [0.25, 0.3) is 33.5 Å². The first-order valence-electron chi connectivity index (χ1n) is 9.52. The zero-order chi connectivity index (χ0) is 20.0. The molecular weight excluding hydrogens is 432 g/mol. The summed E-state index contributed by atoms with van der Waals surface area (Å²) >= 11 is 3.67. The standard InChI is InChI=1S/C20H21BrN8/c1-27-5-7-29(8-6-27)20-15(21)3-4-16(24-20)19-14-9-17(13-10-23-28(2)12-13)22-11-18(14)25-26-19/h3-4,9-12H,5-8H2,1-2H3,(H,25,26). The molecule has 9 heteroatoms. The first-order chi connectivity index (χ1) is 14.1. The van der Waals surface area contributed by atoms with Crippen molar-refractivity contribution in [1.82, 2.24) is 34.8 Å². The molecule has 0 amide bonds. The summed E-state index contributed by atoms with van der Waals surface area (Å²) in [5, 5.41) is 12.9. The summed E-state index contributed by atoms with van der Waals surface area (Å²) in [4.78, 5) is 14.2. The maximum Gasteiger partial charge on any atom is 0.143 e. The van der Waals surface area contributed by atoms with Gasteiger partial charge in [-0.1, -0.05) is 0 Å². The van der Waals surface area contributed by atoms with Crippen molar-refractivity contribution in [2.24, 2.45) is 7.05 Å². The number of H-pyrrole nitrogens is 1. The molecule has 0 aromatic carbocycles. The van der Waals surface area contributed by atoms with Gasteiger partial charge in [-0.3, -0.25) is 14.8 Å².